The lowest BCUT2D eigenvalue weighted by Crippen LogP contribution is -2.44. The predicted octanol–water partition coefficient (Wildman–Crippen LogP) is 19.9. The summed E-state index contributed by atoms with van der Waals surface area (Å²) in [5.41, 5.74) is 5.27. The van der Waals surface area contributed by atoms with Crippen molar-refractivity contribution in [2.45, 2.75) is 22.4 Å². The quantitative estimate of drug-likeness (QED) is 0.0714. The van der Waals surface area contributed by atoms with Gasteiger partial charge in [-0.2, -0.15) is 0 Å². The van der Waals surface area contributed by atoms with Crippen molar-refractivity contribution < 1.29 is 51.1 Å². The number of fused-ring (bicyclic) bond motifs is 20. The van der Waals surface area contributed by atoms with Gasteiger partial charge in [0.1, 0.15) is 56.9 Å². The van der Waals surface area contributed by atoms with Crippen LogP contribution in [0.25, 0.3) is 131 Å². The molecule has 0 bridgehead atoms. The van der Waals surface area contributed by atoms with Crippen LogP contribution in [0.15, 0.2) is 303 Å². The van der Waals surface area contributed by atoms with Crippen LogP contribution in [0.5, 0.6) is 34.5 Å². The Labute approximate surface area is 605 Å². The zero-order chi connectivity index (χ0) is 71.6. The molecule has 18 aromatic rings. The fourth-order valence-corrected chi connectivity index (χ4v) is 18.7. The van der Waals surface area contributed by atoms with Crippen molar-refractivity contribution in [2.24, 2.45) is 0 Å². The predicted molar refractivity (Wildman–Crippen MR) is 419 cm³/mol. The Morgan fingerprint density at radius 2 is 0.396 bits per heavy atom. The van der Waals surface area contributed by atoms with Crippen molar-refractivity contribution in [1.82, 2.24) is 0 Å². The molecule has 0 fully saturated rings. The fourth-order valence-electron chi connectivity index (χ4n) is 18.7. The molecule has 10 N–H and O–H groups in total. The summed E-state index contributed by atoms with van der Waals surface area (Å²) >= 11 is 0. The minimum absolute atomic E-state index is 0.0283. The third kappa shape index (κ3) is 8.07. The molecule has 10 nitrogen and oxygen atoms in total. The summed E-state index contributed by atoms with van der Waals surface area (Å²) in [6.07, 6.45) is 0. The van der Waals surface area contributed by atoms with E-state index in [2.05, 4.69) is 0 Å². The van der Waals surface area contributed by atoms with Gasteiger partial charge in [-0.05, 0) is 215 Å². The van der Waals surface area contributed by atoms with Gasteiger partial charge in [-0.15, -0.1) is 0 Å². The first-order valence-corrected chi connectivity index (χ1v) is 35.3. The highest BCUT2D eigenvalue weighted by Crippen LogP contribution is 2.59. The molecular formula is C96H60O10. The number of aliphatic hydroxyl groups is 4. The van der Waals surface area contributed by atoms with E-state index in [1.807, 2.05) is 243 Å². The van der Waals surface area contributed by atoms with Crippen molar-refractivity contribution >= 4 is 86.2 Å². The Bertz CT molecular complexity index is 6500. The second-order valence-corrected chi connectivity index (χ2v) is 28.7. The average Bonchev–Trinajstić information content (AvgIpc) is 0.931. The summed E-state index contributed by atoms with van der Waals surface area (Å²) in [6, 6.07) is 93.5. The van der Waals surface area contributed by atoms with Gasteiger partial charge in [-0.1, -0.05) is 231 Å². The molecule has 106 heavy (non-hydrogen) atoms. The monoisotopic (exact) mass is 1370 g/mol. The summed E-state index contributed by atoms with van der Waals surface area (Å²) < 4.78 is 0. The Hall–Kier alpha value is -13.3. The van der Waals surface area contributed by atoms with Crippen LogP contribution >= 0.6 is 0 Å². The molecule has 0 heterocycles. The Kier molecular flexibility index (Phi) is 12.5. The first-order valence-electron chi connectivity index (χ1n) is 35.3. The molecule has 2 atom stereocenters. The summed E-state index contributed by atoms with van der Waals surface area (Å²) in [7, 11) is 0. The molecule has 3 aliphatic rings. The van der Waals surface area contributed by atoms with Crippen LogP contribution in [0.1, 0.15) is 66.8 Å². The van der Waals surface area contributed by atoms with Crippen molar-refractivity contribution in [3.8, 4) is 79.0 Å². The topological polar surface area (TPSA) is 202 Å². The smallest absolute Gasteiger partial charge is 0.141 e. The summed E-state index contributed by atoms with van der Waals surface area (Å²) in [4.78, 5) is 0. The van der Waals surface area contributed by atoms with Crippen LogP contribution in [0.3, 0.4) is 0 Å². The van der Waals surface area contributed by atoms with Crippen molar-refractivity contribution in [2.75, 3.05) is 0 Å². The van der Waals surface area contributed by atoms with Gasteiger partial charge < -0.3 is 51.1 Å². The number of hydrogen-bond acceptors (Lipinski definition) is 10. The molecular weight excluding hydrogens is 1310 g/mol. The third-order valence-corrected chi connectivity index (χ3v) is 23.6. The van der Waals surface area contributed by atoms with Crippen molar-refractivity contribution in [1.29, 1.82) is 0 Å². The van der Waals surface area contributed by atoms with E-state index < -0.39 is 22.4 Å². The van der Waals surface area contributed by atoms with Crippen molar-refractivity contribution in [3.05, 3.63) is 370 Å². The Morgan fingerprint density at radius 1 is 0.170 bits per heavy atom. The zero-order valence-electron chi connectivity index (χ0n) is 56.3. The molecule has 0 saturated heterocycles. The van der Waals surface area contributed by atoms with Crippen LogP contribution in [-0.4, -0.2) is 51.1 Å². The SMILES string of the molecule is Oc1ccc2c(c1)C(O)(c1ccc3c(ccc4c(-c5c(O)ccc6c5ccc5cc(C7(O)c8ccccc8-c8ccccc87)ccc56)c(O)ccc43)c1)c1ccc(O)cc1C2(O)c1ccc2c(ccc3c(-c4c(O)ccc5c4ccc4cc(C6(O)c7ccccc7-c7ccccc76)ccc45)c(O)ccc32)c1. The minimum atomic E-state index is -2.04. The number of aromatic hydroxyl groups is 6. The molecule has 0 aliphatic heterocycles. The fraction of sp³-hybridized carbons (Fsp3) is 0.0417. The number of phenols is 6. The molecule has 504 valence electrons. The molecule has 0 spiro atoms. The van der Waals surface area contributed by atoms with Gasteiger partial charge >= 0.3 is 0 Å². The summed E-state index contributed by atoms with van der Waals surface area (Å²) in [5, 5.41) is 137. The lowest BCUT2D eigenvalue weighted by Gasteiger charge is -2.45. The standard InChI is InChI=1S/C96H60O10/c97-59-26-40-82-83(49-59)95(105,57-23-33-63-53(47-57)19-29-75-67(63)37-43-87(101)91(75)89-73-27-17-51-45-55(21-31-61(51)65(73)35-41-85(89)99)93(103)77-13-5-1-9-69(77)70-10-2-6-14-78(70)93)81-39-25-60(98)50-84(81)96(82,106)58-24-34-64-54(48-58)20-30-76-68(64)38-44-88(102)92(76)90-74-28-18-52-46-56(22-32-62(52)66(74)36-42-86(90)100)94(104)79-15-7-3-11-71(79)72-12-4-8-16-80(72)94/h1-50,97-106H. The van der Waals surface area contributed by atoms with Crippen LogP contribution in [0.4, 0.5) is 0 Å². The van der Waals surface area contributed by atoms with Gasteiger partial charge in [-0.25, -0.2) is 0 Å². The maximum Gasteiger partial charge on any atom is 0.141 e. The molecule has 0 radical (unpaired) electrons. The van der Waals surface area contributed by atoms with E-state index in [0.717, 1.165) is 109 Å². The van der Waals surface area contributed by atoms with Gasteiger partial charge in [0.05, 0.1) is 0 Å². The molecule has 21 rings (SSSR count). The molecule has 3 aliphatic carbocycles. The molecule has 0 amide bonds. The van der Waals surface area contributed by atoms with Crippen LogP contribution in [0.2, 0.25) is 0 Å². The maximum atomic E-state index is 13.9. The van der Waals surface area contributed by atoms with Crippen molar-refractivity contribution in [3.63, 3.8) is 0 Å². The van der Waals surface area contributed by atoms with Gasteiger partial charge in [-0.3, -0.25) is 0 Å². The van der Waals surface area contributed by atoms with Gasteiger partial charge in [0.25, 0.3) is 0 Å². The van der Waals surface area contributed by atoms with Gasteiger partial charge in [0, 0.05) is 55.6 Å². The number of phenolic OH excluding ortho intramolecular Hbond substituents is 6. The summed E-state index contributed by atoms with van der Waals surface area (Å²) in [6.45, 7) is 0. The molecule has 2 unspecified atom stereocenters. The normalized spacial score (nSPS) is 16.6. The lowest BCUT2D eigenvalue weighted by atomic mass is 9.63. The Balaban J connectivity index is 0.647. The van der Waals surface area contributed by atoms with E-state index >= 15 is 0 Å². The second kappa shape index (κ2) is 21.6. The van der Waals surface area contributed by atoms with Crippen LogP contribution in [-0.2, 0) is 22.4 Å². The third-order valence-electron chi connectivity index (χ3n) is 23.6. The minimum Gasteiger partial charge on any atom is -0.508 e. The van der Waals surface area contributed by atoms with Crippen LogP contribution < -0.4 is 0 Å². The number of hydrogen-bond donors (Lipinski definition) is 10. The Morgan fingerprint density at radius 3 is 0.660 bits per heavy atom. The molecule has 0 aromatic heterocycles. The average molecular weight is 1370 g/mol. The molecule has 10 heteroatoms. The zero-order valence-corrected chi connectivity index (χ0v) is 56.3. The second-order valence-electron chi connectivity index (χ2n) is 28.7. The van der Waals surface area contributed by atoms with Gasteiger partial charge in [0.2, 0.25) is 0 Å². The first kappa shape index (κ1) is 61.4. The molecule has 18 aromatic carbocycles. The van der Waals surface area contributed by atoms with E-state index in [1.165, 1.54) is 24.3 Å². The number of benzene rings is 18. The van der Waals surface area contributed by atoms with E-state index in [-0.39, 0.29) is 56.8 Å². The highest BCUT2D eigenvalue weighted by atomic mass is 16.3. The van der Waals surface area contributed by atoms with Gasteiger partial charge in [0.15, 0.2) is 0 Å². The first-order chi connectivity index (χ1) is 51.5. The summed E-state index contributed by atoms with van der Waals surface area (Å²) in [5.74, 6) is -0.452. The highest BCUT2D eigenvalue weighted by Gasteiger charge is 2.52. The van der Waals surface area contributed by atoms with E-state index in [1.54, 1.807) is 36.4 Å². The highest BCUT2D eigenvalue weighted by molar-refractivity contribution is 6.22. The van der Waals surface area contributed by atoms with Crippen LogP contribution in [0, 0.1) is 0 Å². The molecule has 0 saturated carbocycles. The number of rotatable bonds is 6. The maximum absolute atomic E-state index is 13.9. The lowest BCUT2D eigenvalue weighted by molar-refractivity contribution is 0.0744. The van der Waals surface area contributed by atoms with E-state index in [4.69, 9.17) is 0 Å². The van der Waals surface area contributed by atoms with E-state index in [0.29, 0.717) is 65.7 Å². The largest absolute Gasteiger partial charge is 0.508 e. The van der Waals surface area contributed by atoms with E-state index in [9.17, 15) is 51.1 Å².